The normalized spacial score (nSPS) is 15.4. The number of carbonyl (C=O) groups excluding carboxylic acids is 3. The maximum Gasteiger partial charge on any atom is 0.329 e. The highest BCUT2D eigenvalue weighted by Gasteiger charge is 2.32. The van der Waals surface area contributed by atoms with Gasteiger partial charge in [-0.25, -0.2) is 4.79 Å². The van der Waals surface area contributed by atoms with E-state index in [4.69, 9.17) is 4.42 Å². The Bertz CT molecular complexity index is 955. The smallest absolute Gasteiger partial charge is 0.329 e. The summed E-state index contributed by atoms with van der Waals surface area (Å²) in [5.74, 6) is -0.808. The quantitative estimate of drug-likeness (QED) is 0.502. The van der Waals surface area contributed by atoms with Crippen LogP contribution in [0.4, 0.5) is 4.79 Å². The topological polar surface area (TPSA) is 103 Å². The molecular weight excluding hydrogens is 336 g/mol. The largest absolute Gasteiger partial charge is 0.545 e. The molecule has 1 aliphatic rings. The van der Waals surface area contributed by atoms with Gasteiger partial charge in [-0.15, -0.1) is 6.58 Å². The SMILES string of the molecule is C=CCN1C(=O)N/C(=C\c2ccc(-c3ccc(C(=O)[O-])cc3C)o2)C1=O. The molecule has 7 nitrogen and oxygen atoms in total. The van der Waals surface area contributed by atoms with E-state index >= 15 is 0 Å². The third-order valence-corrected chi connectivity index (χ3v) is 3.91. The van der Waals surface area contributed by atoms with Crippen LogP contribution in [0.5, 0.6) is 0 Å². The van der Waals surface area contributed by atoms with Crippen molar-refractivity contribution in [2.24, 2.45) is 0 Å². The number of nitrogens with zero attached hydrogens (tertiary/aromatic N) is 1. The minimum Gasteiger partial charge on any atom is -0.545 e. The number of hydrogen-bond donors (Lipinski definition) is 1. The lowest BCUT2D eigenvalue weighted by Gasteiger charge is -2.07. The second-order valence-electron chi connectivity index (χ2n) is 5.71. The Morgan fingerprint density at radius 2 is 2.08 bits per heavy atom. The highest BCUT2D eigenvalue weighted by Crippen LogP contribution is 2.27. The van der Waals surface area contributed by atoms with Crippen LogP contribution >= 0.6 is 0 Å². The lowest BCUT2D eigenvalue weighted by atomic mass is 10.0. The van der Waals surface area contributed by atoms with Gasteiger partial charge in [0.15, 0.2) is 0 Å². The summed E-state index contributed by atoms with van der Waals surface area (Å²) < 4.78 is 5.71. The predicted molar refractivity (Wildman–Crippen MR) is 91.6 cm³/mol. The van der Waals surface area contributed by atoms with Crippen LogP contribution in [0.2, 0.25) is 0 Å². The summed E-state index contributed by atoms with van der Waals surface area (Å²) in [6.07, 6.45) is 2.90. The highest BCUT2D eigenvalue weighted by molar-refractivity contribution is 6.13. The number of carboxylic acid groups (broad SMARTS) is 1. The van der Waals surface area contributed by atoms with Crippen LogP contribution in [0, 0.1) is 6.92 Å². The molecule has 1 aliphatic heterocycles. The standard InChI is InChI=1S/C19H16N2O5/c1-3-8-21-17(22)15(20-19(21)25)10-13-5-7-16(26-13)14-6-4-12(18(23)24)9-11(14)2/h3-7,9-10H,1,8H2,2H3,(H,20,25)(H,23,24)/p-1/b15-10-. The van der Waals surface area contributed by atoms with Crippen LogP contribution in [0.25, 0.3) is 17.4 Å². The van der Waals surface area contributed by atoms with E-state index in [2.05, 4.69) is 11.9 Å². The van der Waals surface area contributed by atoms with Crippen LogP contribution in [0.1, 0.15) is 21.7 Å². The van der Waals surface area contributed by atoms with Gasteiger partial charge in [0.2, 0.25) is 0 Å². The van der Waals surface area contributed by atoms with Crippen LogP contribution in [0.3, 0.4) is 0 Å². The Kier molecular flexibility index (Phi) is 4.45. The molecular formula is C19H15N2O5-. The molecule has 132 valence electrons. The average molecular weight is 351 g/mol. The molecule has 2 heterocycles. The van der Waals surface area contributed by atoms with E-state index in [-0.39, 0.29) is 17.8 Å². The molecule has 26 heavy (non-hydrogen) atoms. The van der Waals surface area contributed by atoms with Gasteiger partial charge < -0.3 is 19.6 Å². The fourth-order valence-corrected chi connectivity index (χ4v) is 2.65. The minimum atomic E-state index is -1.25. The first-order valence-electron chi connectivity index (χ1n) is 7.78. The number of aromatic carboxylic acids is 1. The Hall–Kier alpha value is -3.61. The first-order valence-corrected chi connectivity index (χ1v) is 7.78. The first kappa shape index (κ1) is 17.2. The van der Waals surface area contributed by atoms with Crippen molar-refractivity contribution < 1.29 is 23.9 Å². The van der Waals surface area contributed by atoms with E-state index in [0.717, 1.165) is 10.5 Å². The van der Waals surface area contributed by atoms with E-state index in [1.807, 2.05) is 0 Å². The number of benzene rings is 1. The number of carboxylic acids is 1. The monoisotopic (exact) mass is 351 g/mol. The van der Waals surface area contributed by atoms with Crippen LogP contribution in [-0.4, -0.2) is 29.4 Å². The zero-order valence-electron chi connectivity index (χ0n) is 13.9. The van der Waals surface area contributed by atoms with Gasteiger partial charge in [-0.3, -0.25) is 9.69 Å². The first-order chi connectivity index (χ1) is 12.4. The summed E-state index contributed by atoms with van der Waals surface area (Å²) in [6.45, 7) is 5.39. The average Bonchev–Trinajstić information content (AvgIpc) is 3.15. The molecule has 0 atom stereocenters. The second kappa shape index (κ2) is 6.72. The molecule has 1 fully saturated rings. The lowest BCUT2D eigenvalue weighted by Crippen LogP contribution is -2.30. The van der Waals surface area contributed by atoms with Crippen molar-refractivity contribution in [3.05, 3.63) is 65.6 Å². The van der Waals surface area contributed by atoms with E-state index < -0.39 is 17.9 Å². The van der Waals surface area contributed by atoms with E-state index in [1.165, 1.54) is 24.3 Å². The molecule has 1 saturated heterocycles. The number of carbonyl (C=O) groups is 3. The summed E-state index contributed by atoms with van der Waals surface area (Å²) in [5, 5.41) is 13.4. The van der Waals surface area contributed by atoms with Crippen molar-refractivity contribution in [3.63, 3.8) is 0 Å². The van der Waals surface area contributed by atoms with Crippen LogP contribution in [0.15, 0.2) is 53.1 Å². The Morgan fingerprint density at radius 1 is 1.31 bits per heavy atom. The maximum absolute atomic E-state index is 12.2. The molecule has 1 aromatic heterocycles. The van der Waals surface area contributed by atoms with Crippen molar-refractivity contribution in [1.82, 2.24) is 10.2 Å². The maximum atomic E-state index is 12.2. The summed E-state index contributed by atoms with van der Waals surface area (Å²) in [5.41, 5.74) is 1.63. The third kappa shape index (κ3) is 3.14. The summed E-state index contributed by atoms with van der Waals surface area (Å²) in [7, 11) is 0. The molecule has 0 aliphatic carbocycles. The van der Waals surface area contributed by atoms with Gasteiger partial charge in [-0.2, -0.15) is 0 Å². The number of urea groups is 1. The number of hydrogen-bond acceptors (Lipinski definition) is 5. The predicted octanol–water partition coefficient (Wildman–Crippen LogP) is 1.70. The Morgan fingerprint density at radius 3 is 2.73 bits per heavy atom. The molecule has 2 aromatic rings. The third-order valence-electron chi connectivity index (χ3n) is 3.91. The molecule has 0 spiro atoms. The second-order valence-corrected chi connectivity index (χ2v) is 5.71. The zero-order valence-corrected chi connectivity index (χ0v) is 13.9. The molecule has 0 saturated carbocycles. The number of amides is 3. The number of furan rings is 1. The van der Waals surface area contributed by atoms with Crippen molar-refractivity contribution in [2.45, 2.75) is 6.92 Å². The number of imide groups is 1. The van der Waals surface area contributed by atoms with E-state index in [1.54, 1.807) is 25.1 Å². The number of aryl methyl sites for hydroxylation is 1. The minimum absolute atomic E-state index is 0.0849. The van der Waals surface area contributed by atoms with E-state index in [0.29, 0.717) is 17.1 Å². The summed E-state index contributed by atoms with van der Waals surface area (Å²) >= 11 is 0. The van der Waals surface area contributed by atoms with Crippen molar-refractivity contribution in [1.29, 1.82) is 0 Å². The Labute approximate surface area is 149 Å². The summed E-state index contributed by atoms with van der Waals surface area (Å²) in [6, 6.07) is 7.41. The molecule has 1 aromatic carbocycles. The van der Waals surface area contributed by atoms with Gasteiger partial charge in [-0.1, -0.05) is 18.2 Å². The lowest BCUT2D eigenvalue weighted by molar-refractivity contribution is -0.255. The van der Waals surface area contributed by atoms with Gasteiger partial charge in [-0.05, 0) is 36.2 Å². The number of nitrogens with one attached hydrogen (secondary N) is 1. The van der Waals surface area contributed by atoms with Crippen LogP contribution < -0.4 is 10.4 Å². The van der Waals surface area contributed by atoms with Crippen LogP contribution in [-0.2, 0) is 4.79 Å². The number of rotatable bonds is 5. The van der Waals surface area contributed by atoms with Crippen molar-refractivity contribution in [2.75, 3.05) is 6.54 Å². The molecule has 7 heteroatoms. The molecule has 1 N–H and O–H groups in total. The van der Waals surface area contributed by atoms with Gasteiger partial charge in [0.25, 0.3) is 5.91 Å². The fourth-order valence-electron chi connectivity index (χ4n) is 2.65. The Balaban J connectivity index is 1.87. The molecule has 3 rings (SSSR count). The van der Waals surface area contributed by atoms with Crippen molar-refractivity contribution in [3.8, 4) is 11.3 Å². The molecule has 3 amide bonds. The van der Waals surface area contributed by atoms with Crippen molar-refractivity contribution >= 4 is 24.0 Å². The zero-order chi connectivity index (χ0) is 18.8. The molecule has 0 unspecified atom stereocenters. The summed E-state index contributed by atoms with van der Waals surface area (Å²) in [4.78, 5) is 35.9. The van der Waals surface area contributed by atoms with E-state index in [9.17, 15) is 19.5 Å². The van der Waals surface area contributed by atoms with Gasteiger partial charge in [0.1, 0.15) is 17.2 Å². The highest BCUT2D eigenvalue weighted by atomic mass is 16.4. The molecule has 0 bridgehead atoms. The van der Waals surface area contributed by atoms with Gasteiger partial charge >= 0.3 is 6.03 Å². The fraction of sp³-hybridized carbons (Fsp3) is 0.105. The van der Waals surface area contributed by atoms with Gasteiger partial charge in [0, 0.05) is 18.2 Å². The van der Waals surface area contributed by atoms with Gasteiger partial charge in [0.05, 0.1) is 5.97 Å². The molecule has 0 radical (unpaired) electrons.